The lowest BCUT2D eigenvalue weighted by Crippen LogP contribution is -2.17. The fourth-order valence-corrected chi connectivity index (χ4v) is 3.77. The molecule has 0 N–H and O–H groups in total. The lowest BCUT2D eigenvalue weighted by atomic mass is 10.3. The van der Waals surface area contributed by atoms with Crippen LogP contribution in [0.5, 0.6) is 0 Å². The summed E-state index contributed by atoms with van der Waals surface area (Å²) in [6, 6.07) is 7.27. The van der Waals surface area contributed by atoms with Crippen LogP contribution in [0.25, 0.3) is 5.65 Å². The van der Waals surface area contributed by atoms with Crippen LogP contribution >= 0.6 is 11.8 Å². The van der Waals surface area contributed by atoms with Crippen LogP contribution < -0.4 is 5.56 Å². The minimum atomic E-state index is -0.0510. The summed E-state index contributed by atoms with van der Waals surface area (Å²) in [5.41, 5.74) is 2.26. The van der Waals surface area contributed by atoms with Crippen LogP contribution in [0.3, 0.4) is 0 Å². The predicted molar refractivity (Wildman–Crippen MR) is 98.0 cm³/mol. The molecule has 3 heterocycles. The molecule has 0 radical (unpaired) electrons. The molecule has 0 aliphatic heterocycles. The second-order valence-corrected chi connectivity index (χ2v) is 7.19. The van der Waals surface area contributed by atoms with Gasteiger partial charge in [-0.3, -0.25) is 9.20 Å². The van der Waals surface area contributed by atoms with E-state index in [9.17, 15) is 4.79 Å². The van der Waals surface area contributed by atoms with Crippen LogP contribution in [0, 0.1) is 6.92 Å². The second-order valence-electron chi connectivity index (χ2n) is 6.25. The number of aromatic nitrogens is 5. The van der Waals surface area contributed by atoms with E-state index in [1.807, 2.05) is 31.2 Å². The standard InChI is InChI=1S/C18H19N5OS/c1-3-9-22-17(13-7-8-13)20-21-18(22)25-11-14-10-16(24)23-12(2)5-4-6-15(23)19-14/h3-6,10,13H,1,7-9,11H2,2H3. The van der Waals surface area contributed by atoms with Gasteiger partial charge in [0.25, 0.3) is 5.56 Å². The number of nitrogens with zero attached hydrogens (tertiary/aromatic N) is 5. The highest BCUT2D eigenvalue weighted by molar-refractivity contribution is 7.98. The molecule has 0 atom stereocenters. The summed E-state index contributed by atoms with van der Waals surface area (Å²) >= 11 is 1.56. The van der Waals surface area contributed by atoms with Crippen LogP contribution in [0.4, 0.5) is 0 Å². The zero-order valence-corrected chi connectivity index (χ0v) is 14.9. The van der Waals surface area contributed by atoms with E-state index in [0.29, 0.717) is 23.9 Å². The van der Waals surface area contributed by atoms with Crippen molar-refractivity contribution in [3.63, 3.8) is 0 Å². The van der Waals surface area contributed by atoms with E-state index in [4.69, 9.17) is 0 Å². The average Bonchev–Trinajstić information content (AvgIpc) is 3.35. The Morgan fingerprint density at radius 3 is 2.96 bits per heavy atom. The molecule has 25 heavy (non-hydrogen) atoms. The zero-order valence-electron chi connectivity index (χ0n) is 14.1. The first kappa shape index (κ1) is 16.1. The number of hydrogen-bond donors (Lipinski definition) is 0. The molecule has 1 fully saturated rings. The third-order valence-electron chi connectivity index (χ3n) is 4.28. The molecule has 0 unspecified atom stereocenters. The molecule has 1 aliphatic rings. The van der Waals surface area contributed by atoms with Crippen LogP contribution in [0.2, 0.25) is 0 Å². The van der Waals surface area contributed by atoms with Crippen molar-refractivity contribution in [1.29, 1.82) is 0 Å². The molecule has 4 rings (SSSR count). The van der Waals surface area contributed by atoms with Gasteiger partial charge in [-0.25, -0.2) is 4.98 Å². The lowest BCUT2D eigenvalue weighted by molar-refractivity contribution is 0.681. The maximum Gasteiger partial charge on any atom is 0.258 e. The molecule has 128 valence electrons. The van der Waals surface area contributed by atoms with E-state index in [1.54, 1.807) is 22.2 Å². The Kier molecular flexibility index (Phi) is 4.17. The lowest BCUT2D eigenvalue weighted by Gasteiger charge is -2.08. The fraction of sp³-hybridized carbons (Fsp3) is 0.333. The summed E-state index contributed by atoms with van der Waals surface area (Å²) in [4.78, 5) is 17.0. The topological polar surface area (TPSA) is 65.1 Å². The molecular formula is C18H19N5OS. The highest BCUT2D eigenvalue weighted by Crippen LogP contribution is 2.40. The van der Waals surface area contributed by atoms with E-state index in [2.05, 4.69) is 26.3 Å². The van der Waals surface area contributed by atoms with Crippen LogP contribution in [-0.2, 0) is 12.3 Å². The smallest absolute Gasteiger partial charge is 0.258 e. The van der Waals surface area contributed by atoms with Gasteiger partial charge in [-0.1, -0.05) is 23.9 Å². The first-order valence-electron chi connectivity index (χ1n) is 8.32. The minimum Gasteiger partial charge on any atom is -0.302 e. The maximum absolute atomic E-state index is 12.4. The average molecular weight is 353 g/mol. The molecule has 0 amide bonds. The van der Waals surface area contributed by atoms with Crippen molar-refractivity contribution >= 4 is 17.4 Å². The van der Waals surface area contributed by atoms with Gasteiger partial charge in [-0.05, 0) is 31.9 Å². The van der Waals surface area contributed by atoms with Crippen molar-refractivity contribution in [3.8, 4) is 0 Å². The SMILES string of the molecule is C=CCn1c(SCc2cc(=O)n3c(C)cccc3n2)nnc1C1CC1. The molecule has 0 bridgehead atoms. The van der Waals surface area contributed by atoms with Gasteiger partial charge in [0.05, 0.1) is 5.69 Å². The molecule has 3 aromatic heterocycles. The monoisotopic (exact) mass is 353 g/mol. The molecule has 0 saturated heterocycles. The van der Waals surface area contributed by atoms with Gasteiger partial charge in [-0.2, -0.15) is 0 Å². The molecule has 0 aromatic carbocycles. The van der Waals surface area contributed by atoms with Crippen molar-refractivity contribution in [1.82, 2.24) is 24.1 Å². The zero-order chi connectivity index (χ0) is 17.4. The van der Waals surface area contributed by atoms with Gasteiger partial charge >= 0.3 is 0 Å². The van der Waals surface area contributed by atoms with Gasteiger partial charge in [0.2, 0.25) is 0 Å². The van der Waals surface area contributed by atoms with Crippen LogP contribution in [0.1, 0.15) is 36.0 Å². The first-order valence-corrected chi connectivity index (χ1v) is 9.31. The Morgan fingerprint density at radius 1 is 1.36 bits per heavy atom. The van der Waals surface area contributed by atoms with Crippen molar-refractivity contribution in [2.45, 2.75) is 43.1 Å². The van der Waals surface area contributed by atoms with E-state index in [0.717, 1.165) is 22.4 Å². The third kappa shape index (κ3) is 3.11. The normalized spacial score (nSPS) is 14.1. The van der Waals surface area contributed by atoms with Crippen LogP contribution in [0.15, 0.2) is 46.9 Å². The van der Waals surface area contributed by atoms with Gasteiger partial charge in [0.1, 0.15) is 11.5 Å². The van der Waals surface area contributed by atoms with E-state index in [-0.39, 0.29) is 5.56 Å². The quantitative estimate of drug-likeness (QED) is 0.503. The molecule has 7 heteroatoms. The number of rotatable bonds is 6. The van der Waals surface area contributed by atoms with Gasteiger partial charge in [-0.15, -0.1) is 16.8 Å². The van der Waals surface area contributed by atoms with E-state index >= 15 is 0 Å². The number of fused-ring (bicyclic) bond motifs is 1. The van der Waals surface area contributed by atoms with Crippen molar-refractivity contribution in [2.24, 2.45) is 0 Å². The van der Waals surface area contributed by atoms with Crippen molar-refractivity contribution < 1.29 is 0 Å². The summed E-state index contributed by atoms with van der Waals surface area (Å²) in [5, 5.41) is 9.53. The van der Waals surface area contributed by atoms with E-state index in [1.165, 1.54) is 12.8 Å². The maximum atomic E-state index is 12.4. The first-order chi connectivity index (χ1) is 12.2. The minimum absolute atomic E-state index is 0.0510. The van der Waals surface area contributed by atoms with Gasteiger partial charge < -0.3 is 4.57 Å². The van der Waals surface area contributed by atoms with Crippen molar-refractivity contribution in [3.05, 3.63) is 64.5 Å². The third-order valence-corrected chi connectivity index (χ3v) is 5.28. The van der Waals surface area contributed by atoms with Crippen molar-refractivity contribution in [2.75, 3.05) is 0 Å². The largest absolute Gasteiger partial charge is 0.302 e. The Hall–Kier alpha value is -2.41. The Balaban J connectivity index is 1.60. The fourth-order valence-electron chi connectivity index (χ4n) is 2.93. The van der Waals surface area contributed by atoms with Gasteiger partial charge in [0, 0.05) is 30.0 Å². The Bertz CT molecular complexity index is 1000. The highest BCUT2D eigenvalue weighted by Gasteiger charge is 2.30. The number of allylic oxidation sites excluding steroid dienone is 1. The number of thioether (sulfide) groups is 1. The summed E-state index contributed by atoms with van der Waals surface area (Å²) in [5.74, 6) is 2.16. The number of pyridine rings is 1. The molecule has 1 saturated carbocycles. The molecule has 3 aromatic rings. The molecule has 6 nitrogen and oxygen atoms in total. The molecule has 0 spiro atoms. The summed E-state index contributed by atoms with van der Waals surface area (Å²) < 4.78 is 3.74. The molecular weight excluding hydrogens is 334 g/mol. The highest BCUT2D eigenvalue weighted by atomic mass is 32.2. The van der Waals surface area contributed by atoms with Gasteiger partial charge in [0.15, 0.2) is 5.16 Å². The predicted octanol–water partition coefficient (Wildman–Crippen LogP) is 2.95. The van der Waals surface area contributed by atoms with E-state index < -0.39 is 0 Å². The second kappa shape index (κ2) is 6.48. The summed E-state index contributed by atoms with van der Waals surface area (Å²) in [7, 11) is 0. The Labute approximate surface area is 149 Å². The Morgan fingerprint density at radius 2 is 2.20 bits per heavy atom. The summed E-state index contributed by atoms with van der Waals surface area (Å²) in [6.07, 6.45) is 4.23. The number of aryl methyl sites for hydroxylation is 1. The number of hydrogen-bond acceptors (Lipinski definition) is 5. The molecule has 1 aliphatic carbocycles. The summed E-state index contributed by atoms with van der Waals surface area (Å²) in [6.45, 7) is 6.43. The van der Waals surface area contributed by atoms with Crippen LogP contribution in [-0.4, -0.2) is 24.1 Å².